The minimum absolute atomic E-state index is 0.471. The molecule has 6 rings (SSSR count). The van der Waals surface area contributed by atoms with Crippen LogP contribution < -0.4 is 29.5 Å². The summed E-state index contributed by atoms with van der Waals surface area (Å²) in [6, 6.07) is 11.1. The molecule has 0 atom stereocenters. The van der Waals surface area contributed by atoms with Crippen LogP contribution in [0.4, 0.5) is 40.2 Å². The summed E-state index contributed by atoms with van der Waals surface area (Å²) in [5.74, 6) is 1.87. The molecule has 12 nitrogen and oxygen atoms in total. The van der Waals surface area contributed by atoms with Gasteiger partial charge >= 0.3 is 0 Å². The van der Waals surface area contributed by atoms with Gasteiger partial charge in [0.05, 0.1) is 41.6 Å². The molecule has 2 aromatic carbocycles. The van der Waals surface area contributed by atoms with E-state index in [1.54, 1.807) is 37.6 Å². The van der Waals surface area contributed by atoms with Gasteiger partial charge in [0.2, 0.25) is 5.95 Å². The van der Waals surface area contributed by atoms with Crippen molar-refractivity contribution < 1.29 is 4.74 Å². The quantitative estimate of drug-likeness (QED) is 0.260. The molecule has 0 radical (unpaired) electrons. The number of hydrogen-bond acceptors (Lipinski definition) is 13. The van der Waals surface area contributed by atoms with Gasteiger partial charge in [-0.05, 0) is 44.2 Å². The summed E-state index contributed by atoms with van der Waals surface area (Å²) in [6.07, 6.45) is 9.47. The monoisotopic (exact) mass is 643 g/mol. The number of ether oxygens (including phenoxy) is 1. The molecule has 0 aliphatic carbocycles. The highest BCUT2D eigenvalue weighted by Gasteiger charge is 2.28. The number of nitrogen functional groups attached to an aromatic ring is 1. The lowest BCUT2D eigenvalue weighted by molar-refractivity contribution is 0.0982. The summed E-state index contributed by atoms with van der Waals surface area (Å²) in [7, 11) is 9.85. The molecular formula is C33H45N11OS. The molecule has 244 valence electrons. The predicted molar refractivity (Wildman–Crippen MR) is 191 cm³/mol. The number of hydrogen-bond donors (Lipinski definition) is 1. The van der Waals surface area contributed by atoms with Crippen LogP contribution in [0.5, 0.6) is 5.75 Å². The van der Waals surface area contributed by atoms with Crippen molar-refractivity contribution in [3.63, 3.8) is 0 Å². The summed E-state index contributed by atoms with van der Waals surface area (Å²) in [5, 5.41) is 0. The molecule has 46 heavy (non-hydrogen) atoms. The Morgan fingerprint density at radius 2 is 1.61 bits per heavy atom. The maximum absolute atomic E-state index is 6.49. The topological polar surface area (TPSA) is 106 Å². The molecule has 2 saturated heterocycles. The van der Waals surface area contributed by atoms with Crippen LogP contribution in [0.2, 0.25) is 0 Å². The Labute approximate surface area is 276 Å². The van der Waals surface area contributed by atoms with E-state index in [-0.39, 0.29) is 0 Å². The van der Waals surface area contributed by atoms with Crippen LogP contribution in [-0.4, -0.2) is 117 Å². The maximum Gasteiger partial charge on any atom is 0.231 e. The molecule has 2 aliphatic heterocycles. The number of piperidine rings is 1. The van der Waals surface area contributed by atoms with Crippen LogP contribution in [-0.2, 0) is 0 Å². The molecule has 0 amide bonds. The fraction of sp³-hybridized carbons (Fsp3) is 0.455. The molecule has 4 heterocycles. The van der Waals surface area contributed by atoms with Crippen molar-refractivity contribution in [2.45, 2.75) is 18.9 Å². The summed E-state index contributed by atoms with van der Waals surface area (Å²) < 4.78 is 8.00. The Balaban J connectivity index is 1.23. The second kappa shape index (κ2) is 13.7. The molecule has 0 saturated carbocycles. The number of methoxy groups -OCH3 is 1. The number of anilines is 7. The van der Waals surface area contributed by atoms with Gasteiger partial charge in [-0.2, -0.15) is 4.98 Å². The van der Waals surface area contributed by atoms with Crippen molar-refractivity contribution in [1.82, 2.24) is 29.7 Å². The second-order valence-corrected chi connectivity index (χ2v) is 12.9. The molecule has 2 N–H and O–H groups in total. The van der Waals surface area contributed by atoms with E-state index in [1.165, 1.54) is 31.6 Å². The first-order chi connectivity index (χ1) is 22.3. The minimum Gasteiger partial charge on any atom is -0.494 e. The van der Waals surface area contributed by atoms with Gasteiger partial charge in [0.25, 0.3) is 0 Å². The predicted octanol–water partition coefficient (Wildman–Crippen LogP) is 4.48. The van der Waals surface area contributed by atoms with Gasteiger partial charge in [0, 0.05) is 96.9 Å². The second-order valence-electron chi connectivity index (χ2n) is 12.0. The number of piperazine rings is 1. The highest BCUT2D eigenvalue weighted by Crippen LogP contribution is 2.41. The third kappa shape index (κ3) is 6.31. The lowest BCUT2D eigenvalue weighted by atomic mass is 10.0. The van der Waals surface area contributed by atoms with Crippen LogP contribution in [0.1, 0.15) is 12.8 Å². The van der Waals surface area contributed by atoms with E-state index >= 15 is 0 Å². The molecule has 2 fully saturated rings. The van der Waals surface area contributed by atoms with Crippen LogP contribution >= 0.6 is 11.9 Å². The van der Waals surface area contributed by atoms with Gasteiger partial charge in [-0.25, -0.2) is 4.98 Å². The largest absolute Gasteiger partial charge is 0.494 e. The van der Waals surface area contributed by atoms with Crippen molar-refractivity contribution >= 4 is 63.2 Å². The molecule has 0 unspecified atom stereocenters. The molecular weight excluding hydrogens is 599 g/mol. The van der Waals surface area contributed by atoms with Gasteiger partial charge < -0.3 is 34.4 Å². The highest BCUT2D eigenvalue weighted by molar-refractivity contribution is 7.99. The first-order valence-electron chi connectivity index (χ1n) is 15.8. The average molecular weight is 644 g/mol. The Bertz CT molecular complexity index is 1660. The number of nitrogens with zero attached hydrogens (tertiary/aromatic N) is 10. The van der Waals surface area contributed by atoms with Crippen molar-refractivity contribution in [2.24, 2.45) is 0 Å². The van der Waals surface area contributed by atoms with E-state index in [0.29, 0.717) is 23.5 Å². The van der Waals surface area contributed by atoms with Crippen molar-refractivity contribution in [3.8, 4) is 5.75 Å². The van der Waals surface area contributed by atoms with Crippen molar-refractivity contribution in [1.29, 1.82) is 0 Å². The number of nitrogens with two attached hydrogens (primary N) is 1. The van der Waals surface area contributed by atoms with Gasteiger partial charge in [0.1, 0.15) is 11.3 Å². The highest BCUT2D eigenvalue weighted by atomic mass is 32.2. The number of fused-ring (bicyclic) bond motifs is 1. The van der Waals surface area contributed by atoms with Crippen LogP contribution in [0.15, 0.2) is 48.9 Å². The summed E-state index contributed by atoms with van der Waals surface area (Å²) >= 11 is 1.60. The minimum atomic E-state index is 0.471. The van der Waals surface area contributed by atoms with E-state index in [2.05, 4.69) is 59.2 Å². The molecule has 0 bridgehead atoms. The Kier molecular flexibility index (Phi) is 9.52. The summed E-state index contributed by atoms with van der Waals surface area (Å²) in [6.45, 7) is 6.76. The fourth-order valence-electron chi connectivity index (χ4n) is 6.53. The molecule has 2 aliphatic rings. The number of likely N-dealkylation sites (N-methyl/N-ethyl adjacent to an activating group) is 1. The van der Waals surface area contributed by atoms with Gasteiger partial charge in [-0.1, -0.05) is 11.9 Å². The SMILES string of the molecule is COc1cc(N2CCC(N3CCN(C)CC3)CC2)ccc1N(C)c1ncc(N)c(N(C)c2ccc3nccnc3c2N(C)SC)n1. The van der Waals surface area contributed by atoms with E-state index in [0.717, 1.165) is 60.0 Å². The zero-order valence-corrected chi connectivity index (χ0v) is 28.5. The fourth-order valence-corrected chi connectivity index (χ4v) is 6.89. The van der Waals surface area contributed by atoms with Crippen LogP contribution in [0.3, 0.4) is 0 Å². The Morgan fingerprint density at radius 3 is 2.33 bits per heavy atom. The normalized spacial score (nSPS) is 16.5. The van der Waals surface area contributed by atoms with E-state index in [9.17, 15) is 0 Å². The average Bonchev–Trinajstić information content (AvgIpc) is 3.10. The van der Waals surface area contributed by atoms with E-state index < -0.39 is 0 Å². The molecule has 2 aromatic heterocycles. The van der Waals surface area contributed by atoms with Crippen LogP contribution in [0, 0.1) is 0 Å². The standard InChI is InChI=1S/C33H45N11OS/c1-39-17-19-44(20-18-39)23-11-15-43(16-12-23)24-7-9-27(29(21-24)45-5)41(3)33-37-22-25(34)32(38-33)40(2)28-10-8-26-30(36-14-13-35-26)31(28)42(4)46-6/h7-10,13-14,21-23H,11-12,15-20,34H2,1-6H3. The number of rotatable bonds is 9. The van der Waals surface area contributed by atoms with E-state index in [1.807, 2.05) is 49.3 Å². The third-order valence-electron chi connectivity index (χ3n) is 9.35. The molecule has 0 spiro atoms. The first kappa shape index (κ1) is 31.9. The zero-order valence-electron chi connectivity index (χ0n) is 27.7. The Morgan fingerprint density at radius 1 is 0.891 bits per heavy atom. The van der Waals surface area contributed by atoms with Crippen molar-refractivity contribution in [3.05, 3.63) is 48.9 Å². The lowest BCUT2D eigenvalue weighted by Gasteiger charge is -2.42. The van der Waals surface area contributed by atoms with Gasteiger partial charge in [-0.15, -0.1) is 0 Å². The Hall–Kier alpha value is -4.07. The molecule has 4 aromatic rings. The van der Waals surface area contributed by atoms with Crippen molar-refractivity contribution in [2.75, 3.05) is 106 Å². The number of benzene rings is 2. The number of aromatic nitrogens is 4. The summed E-state index contributed by atoms with van der Waals surface area (Å²) in [5.41, 5.74) is 12.5. The maximum atomic E-state index is 6.49. The summed E-state index contributed by atoms with van der Waals surface area (Å²) in [4.78, 5) is 30.2. The third-order valence-corrected chi connectivity index (χ3v) is 10.1. The smallest absolute Gasteiger partial charge is 0.231 e. The first-order valence-corrected chi connectivity index (χ1v) is 16.9. The lowest BCUT2D eigenvalue weighted by Crippen LogP contribution is -2.52. The molecule has 13 heteroatoms. The zero-order chi connectivity index (χ0) is 32.4. The van der Waals surface area contributed by atoms with Gasteiger partial charge in [0.15, 0.2) is 5.82 Å². The van der Waals surface area contributed by atoms with Gasteiger partial charge in [-0.3, -0.25) is 14.9 Å². The van der Waals surface area contributed by atoms with Crippen LogP contribution in [0.25, 0.3) is 11.0 Å². The van der Waals surface area contributed by atoms with E-state index in [4.69, 9.17) is 15.5 Å².